The summed E-state index contributed by atoms with van der Waals surface area (Å²) in [5, 5.41) is 8.39. The molecule has 19 heavy (non-hydrogen) atoms. The largest absolute Gasteiger partial charge is 0.461 e. The van der Waals surface area contributed by atoms with Crippen LogP contribution in [0.5, 0.6) is 0 Å². The van der Waals surface area contributed by atoms with Crippen molar-refractivity contribution in [2.45, 2.75) is 92.6 Å². The van der Waals surface area contributed by atoms with Crippen molar-refractivity contribution in [1.82, 2.24) is 0 Å². The van der Waals surface area contributed by atoms with E-state index in [-0.39, 0.29) is 6.10 Å². The van der Waals surface area contributed by atoms with Gasteiger partial charge in [-0.2, -0.15) is 0 Å². The third-order valence-corrected chi connectivity index (χ3v) is 2.48. The normalized spacial score (nSPS) is 13.6. The standard InChI is InChI=1S/C8H14O3.C4H10.2C2H6/c9-6-8(10)11-7-4-2-1-3-5-7;1-3-4-2;2*1-2/h7,9H,1-6H2;3-4H2,1-2H3;2*1-2H3. The van der Waals surface area contributed by atoms with Gasteiger partial charge in [-0.3, -0.25) is 0 Å². The van der Waals surface area contributed by atoms with Crippen LogP contribution in [0, 0.1) is 0 Å². The highest BCUT2D eigenvalue weighted by Crippen LogP contribution is 2.20. The van der Waals surface area contributed by atoms with E-state index in [9.17, 15) is 4.79 Å². The van der Waals surface area contributed by atoms with Crippen LogP contribution in [0.3, 0.4) is 0 Å². The maximum atomic E-state index is 10.6. The van der Waals surface area contributed by atoms with E-state index in [1.54, 1.807) is 0 Å². The number of carbonyl (C=O) groups is 1. The summed E-state index contributed by atoms with van der Waals surface area (Å²) >= 11 is 0. The molecule has 1 saturated carbocycles. The molecular formula is C16H36O3. The highest BCUT2D eigenvalue weighted by atomic mass is 16.6. The Hall–Kier alpha value is -0.570. The van der Waals surface area contributed by atoms with Gasteiger partial charge < -0.3 is 9.84 Å². The zero-order valence-corrected chi connectivity index (χ0v) is 14.0. The summed E-state index contributed by atoms with van der Waals surface area (Å²) in [6.07, 6.45) is 8.17. The van der Waals surface area contributed by atoms with Gasteiger partial charge in [-0.05, 0) is 25.7 Å². The predicted molar refractivity (Wildman–Crippen MR) is 83.3 cm³/mol. The minimum Gasteiger partial charge on any atom is -0.461 e. The Kier molecular flexibility index (Phi) is 28.0. The molecule has 0 bridgehead atoms. The lowest BCUT2D eigenvalue weighted by Gasteiger charge is -2.21. The molecule has 1 N–H and O–H groups in total. The number of aliphatic hydroxyl groups is 1. The Morgan fingerprint density at radius 1 is 1.00 bits per heavy atom. The van der Waals surface area contributed by atoms with Gasteiger partial charge >= 0.3 is 5.97 Å². The summed E-state index contributed by atoms with van der Waals surface area (Å²) in [4.78, 5) is 10.6. The molecule has 0 amide bonds. The van der Waals surface area contributed by atoms with Gasteiger partial charge in [0.25, 0.3) is 0 Å². The van der Waals surface area contributed by atoms with Gasteiger partial charge in [0.15, 0.2) is 0 Å². The number of hydrogen-bond acceptors (Lipinski definition) is 3. The van der Waals surface area contributed by atoms with E-state index in [1.165, 1.54) is 19.3 Å². The molecule has 1 aliphatic rings. The molecule has 1 fully saturated rings. The Morgan fingerprint density at radius 3 is 1.74 bits per heavy atom. The average molecular weight is 276 g/mol. The molecule has 0 radical (unpaired) electrons. The van der Waals surface area contributed by atoms with Crippen LogP contribution >= 0.6 is 0 Å². The van der Waals surface area contributed by atoms with Crippen LogP contribution in [0.2, 0.25) is 0 Å². The first-order valence-corrected chi connectivity index (χ1v) is 8.04. The highest BCUT2D eigenvalue weighted by molar-refractivity contribution is 5.70. The molecule has 0 atom stereocenters. The highest BCUT2D eigenvalue weighted by Gasteiger charge is 2.16. The Balaban J connectivity index is -0.000000271. The first-order chi connectivity index (χ1) is 9.24. The fraction of sp³-hybridized carbons (Fsp3) is 0.938. The van der Waals surface area contributed by atoms with Gasteiger partial charge in [0.2, 0.25) is 0 Å². The van der Waals surface area contributed by atoms with E-state index in [1.807, 2.05) is 27.7 Å². The van der Waals surface area contributed by atoms with Gasteiger partial charge in [0.05, 0.1) is 0 Å². The zero-order valence-electron chi connectivity index (χ0n) is 14.0. The van der Waals surface area contributed by atoms with Crippen molar-refractivity contribution in [2.75, 3.05) is 6.61 Å². The van der Waals surface area contributed by atoms with Crippen LogP contribution in [0.4, 0.5) is 0 Å². The quantitative estimate of drug-likeness (QED) is 0.759. The summed E-state index contributed by atoms with van der Waals surface area (Å²) in [6, 6.07) is 0. The fourth-order valence-corrected chi connectivity index (χ4v) is 1.41. The summed E-state index contributed by atoms with van der Waals surface area (Å²) in [5.74, 6) is -0.489. The van der Waals surface area contributed by atoms with Crippen molar-refractivity contribution in [1.29, 1.82) is 0 Å². The summed E-state index contributed by atoms with van der Waals surface area (Å²) < 4.78 is 4.95. The average Bonchev–Trinajstić information content (AvgIpc) is 2.52. The molecule has 0 aromatic heterocycles. The maximum Gasteiger partial charge on any atom is 0.332 e. The fourth-order valence-electron chi connectivity index (χ4n) is 1.41. The first-order valence-electron chi connectivity index (χ1n) is 8.04. The molecule has 0 aliphatic heterocycles. The van der Waals surface area contributed by atoms with Crippen LogP contribution in [0.25, 0.3) is 0 Å². The summed E-state index contributed by atoms with van der Waals surface area (Å²) in [5.41, 5.74) is 0. The number of carbonyl (C=O) groups excluding carboxylic acids is 1. The third kappa shape index (κ3) is 19.9. The minimum atomic E-state index is -0.490. The van der Waals surface area contributed by atoms with E-state index in [2.05, 4.69) is 13.8 Å². The molecule has 0 saturated heterocycles. The second-order valence-corrected chi connectivity index (χ2v) is 3.91. The van der Waals surface area contributed by atoms with Gasteiger partial charge in [0, 0.05) is 0 Å². The number of aliphatic hydroxyl groups excluding tert-OH is 1. The molecule has 1 rings (SSSR count). The lowest BCUT2D eigenvalue weighted by molar-refractivity contribution is -0.153. The van der Waals surface area contributed by atoms with Crippen molar-refractivity contribution < 1.29 is 14.6 Å². The number of esters is 1. The molecule has 0 spiro atoms. The Morgan fingerprint density at radius 2 is 1.42 bits per heavy atom. The molecule has 0 aromatic rings. The van der Waals surface area contributed by atoms with Gasteiger partial charge in [-0.1, -0.05) is 60.8 Å². The van der Waals surface area contributed by atoms with Gasteiger partial charge in [-0.15, -0.1) is 0 Å². The van der Waals surface area contributed by atoms with Crippen LogP contribution in [0.15, 0.2) is 0 Å². The van der Waals surface area contributed by atoms with Crippen LogP contribution in [-0.4, -0.2) is 23.8 Å². The molecule has 3 nitrogen and oxygen atoms in total. The van der Waals surface area contributed by atoms with Gasteiger partial charge in [0.1, 0.15) is 12.7 Å². The van der Waals surface area contributed by atoms with Crippen molar-refractivity contribution in [3.05, 3.63) is 0 Å². The smallest absolute Gasteiger partial charge is 0.332 e. The molecule has 0 aromatic carbocycles. The molecule has 3 heteroatoms. The zero-order chi connectivity index (χ0) is 15.5. The van der Waals surface area contributed by atoms with Crippen LogP contribution in [-0.2, 0) is 9.53 Å². The SMILES string of the molecule is CC.CC.CCCC.O=C(CO)OC1CCCCC1. The third-order valence-electron chi connectivity index (χ3n) is 2.48. The van der Waals surface area contributed by atoms with E-state index in [0.717, 1.165) is 25.7 Å². The number of rotatable bonds is 3. The topological polar surface area (TPSA) is 46.5 Å². The molecule has 0 heterocycles. The minimum absolute atomic E-state index is 0.0726. The van der Waals surface area contributed by atoms with Crippen molar-refractivity contribution in [3.8, 4) is 0 Å². The first kappa shape index (κ1) is 23.5. The lowest BCUT2D eigenvalue weighted by atomic mass is 9.98. The Labute approximate surface area is 120 Å². The monoisotopic (exact) mass is 276 g/mol. The Bertz CT molecular complexity index is 150. The lowest BCUT2D eigenvalue weighted by Crippen LogP contribution is -2.22. The second-order valence-electron chi connectivity index (χ2n) is 3.91. The van der Waals surface area contributed by atoms with Crippen molar-refractivity contribution in [3.63, 3.8) is 0 Å². The van der Waals surface area contributed by atoms with E-state index < -0.39 is 12.6 Å². The van der Waals surface area contributed by atoms with Crippen LogP contribution < -0.4 is 0 Å². The second kappa shape index (κ2) is 22.6. The predicted octanol–water partition coefficient (Wildman–Crippen LogP) is 4.71. The van der Waals surface area contributed by atoms with Gasteiger partial charge in [-0.25, -0.2) is 4.79 Å². The molecule has 118 valence electrons. The number of hydrogen-bond donors (Lipinski definition) is 1. The molecule has 0 unspecified atom stereocenters. The van der Waals surface area contributed by atoms with Crippen molar-refractivity contribution in [2.24, 2.45) is 0 Å². The summed E-state index contributed by atoms with van der Waals surface area (Å²) in [6.45, 7) is 11.9. The molecule has 1 aliphatic carbocycles. The van der Waals surface area contributed by atoms with E-state index in [0.29, 0.717) is 0 Å². The molecular weight excluding hydrogens is 240 g/mol. The summed E-state index contributed by atoms with van der Waals surface area (Å²) in [7, 11) is 0. The number of unbranched alkanes of at least 4 members (excludes halogenated alkanes) is 1. The van der Waals surface area contributed by atoms with Crippen LogP contribution in [0.1, 0.15) is 86.5 Å². The van der Waals surface area contributed by atoms with E-state index >= 15 is 0 Å². The maximum absolute atomic E-state index is 10.6. The van der Waals surface area contributed by atoms with E-state index in [4.69, 9.17) is 9.84 Å². The van der Waals surface area contributed by atoms with Crippen molar-refractivity contribution >= 4 is 5.97 Å². The number of ether oxygens (including phenoxy) is 1.